The summed E-state index contributed by atoms with van der Waals surface area (Å²) in [5.41, 5.74) is 1.61. The van der Waals surface area contributed by atoms with Gasteiger partial charge in [-0.1, -0.05) is 30.3 Å². The molecule has 1 heterocycles. The van der Waals surface area contributed by atoms with Crippen LogP contribution in [0.25, 0.3) is 5.57 Å². The number of aliphatic carboxylic acids is 1. The summed E-state index contributed by atoms with van der Waals surface area (Å²) < 4.78 is 11.6. The number of allylic oxidation sites excluding steroid dienone is 1. The predicted molar refractivity (Wildman–Crippen MR) is 101 cm³/mol. The van der Waals surface area contributed by atoms with E-state index in [9.17, 15) is 9.90 Å². The van der Waals surface area contributed by atoms with Crippen molar-refractivity contribution in [1.29, 1.82) is 0 Å². The zero-order chi connectivity index (χ0) is 19.2. The summed E-state index contributed by atoms with van der Waals surface area (Å²) in [6, 6.07) is 14.2. The maximum Gasteiger partial charge on any atom is 0.336 e. The Balaban J connectivity index is 1.85. The van der Waals surface area contributed by atoms with Gasteiger partial charge in [0.2, 0.25) is 0 Å². The van der Waals surface area contributed by atoms with Crippen LogP contribution in [0.4, 0.5) is 0 Å². The fourth-order valence-corrected chi connectivity index (χ4v) is 2.44. The minimum absolute atomic E-state index is 0.172. The van der Waals surface area contributed by atoms with E-state index in [1.54, 1.807) is 73.9 Å². The number of para-hydroxylation sites is 1. The van der Waals surface area contributed by atoms with Gasteiger partial charge in [0.25, 0.3) is 0 Å². The lowest BCUT2D eigenvalue weighted by molar-refractivity contribution is -0.130. The first-order valence-corrected chi connectivity index (χ1v) is 8.30. The number of benzene rings is 2. The number of hydrogen-bond acceptors (Lipinski definition) is 5. The van der Waals surface area contributed by atoms with Crippen molar-refractivity contribution in [2.45, 2.75) is 13.8 Å². The van der Waals surface area contributed by atoms with Crippen LogP contribution >= 0.6 is 0 Å². The number of carbonyl (C=O) groups is 1. The number of aromatic nitrogens is 2. The molecular weight excluding hydrogens is 344 g/mol. The second kappa shape index (κ2) is 8.14. The smallest absolute Gasteiger partial charge is 0.336 e. The Morgan fingerprint density at radius 2 is 1.67 bits per heavy atom. The molecule has 0 fully saturated rings. The van der Waals surface area contributed by atoms with Crippen molar-refractivity contribution in [2.24, 2.45) is 0 Å². The van der Waals surface area contributed by atoms with Gasteiger partial charge in [-0.3, -0.25) is 0 Å². The number of carboxylic acids is 1. The molecule has 0 amide bonds. The van der Waals surface area contributed by atoms with E-state index >= 15 is 0 Å². The predicted octanol–water partition coefficient (Wildman–Crippen LogP) is 4.86. The number of aryl methyl sites for hydroxylation is 1. The van der Waals surface area contributed by atoms with Crippen molar-refractivity contribution < 1.29 is 19.4 Å². The van der Waals surface area contributed by atoms with Gasteiger partial charge in [0.05, 0.1) is 5.57 Å². The first-order valence-electron chi connectivity index (χ1n) is 8.30. The van der Waals surface area contributed by atoms with Crippen LogP contribution in [0.2, 0.25) is 0 Å². The minimum atomic E-state index is -1.01. The highest BCUT2D eigenvalue weighted by atomic mass is 16.5. The van der Waals surface area contributed by atoms with Gasteiger partial charge in [0, 0.05) is 24.0 Å². The van der Waals surface area contributed by atoms with Gasteiger partial charge in [-0.15, -0.1) is 0 Å². The fraction of sp³-hybridized carbons (Fsp3) is 0.0952. The first kappa shape index (κ1) is 18.1. The summed E-state index contributed by atoms with van der Waals surface area (Å²) in [5.74, 6) is 0.449. The molecule has 0 aliphatic carbocycles. The topological polar surface area (TPSA) is 81.5 Å². The van der Waals surface area contributed by atoms with E-state index in [2.05, 4.69) is 9.97 Å². The molecule has 0 bridgehead atoms. The first-order chi connectivity index (χ1) is 13.1. The molecule has 0 aliphatic heterocycles. The maximum atomic E-state index is 11.5. The number of rotatable bonds is 6. The van der Waals surface area contributed by atoms with Gasteiger partial charge >= 0.3 is 12.0 Å². The van der Waals surface area contributed by atoms with Crippen molar-refractivity contribution in [3.05, 3.63) is 78.1 Å². The van der Waals surface area contributed by atoms with E-state index in [0.29, 0.717) is 22.8 Å². The molecule has 3 aromatic rings. The molecule has 6 heteroatoms. The number of ether oxygens (including phenoxy) is 2. The van der Waals surface area contributed by atoms with Gasteiger partial charge < -0.3 is 14.6 Å². The summed E-state index contributed by atoms with van der Waals surface area (Å²) in [4.78, 5) is 19.7. The van der Waals surface area contributed by atoms with Gasteiger partial charge in [-0.2, -0.15) is 0 Å². The Bertz CT molecular complexity index is 981. The molecule has 136 valence electrons. The lowest BCUT2D eigenvalue weighted by Crippen LogP contribution is -2.01. The molecule has 0 aliphatic rings. The van der Waals surface area contributed by atoms with Crippen LogP contribution in [0.5, 0.6) is 23.3 Å². The lowest BCUT2D eigenvalue weighted by Gasteiger charge is -2.12. The van der Waals surface area contributed by atoms with E-state index in [1.807, 2.05) is 6.92 Å². The zero-order valence-electron chi connectivity index (χ0n) is 14.9. The highest BCUT2D eigenvalue weighted by molar-refractivity contribution is 6.16. The average Bonchev–Trinajstić information content (AvgIpc) is 2.66. The molecule has 6 nitrogen and oxygen atoms in total. The highest BCUT2D eigenvalue weighted by Gasteiger charge is 2.15. The molecule has 0 spiro atoms. The molecule has 1 N–H and O–H groups in total. The van der Waals surface area contributed by atoms with Crippen LogP contribution in [-0.2, 0) is 4.79 Å². The Morgan fingerprint density at radius 3 is 2.33 bits per heavy atom. The van der Waals surface area contributed by atoms with Crippen molar-refractivity contribution in [3.8, 4) is 23.3 Å². The third kappa shape index (κ3) is 4.49. The molecule has 1 aromatic heterocycles. The SMILES string of the molecule is C/C=C(/C(=O)O)c1ccccc1Oc1cccc(Oc2ncc(C)cn2)c1. The number of nitrogens with zero attached hydrogens (tertiary/aromatic N) is 2. The summed E-state index contributed by atoms with van der Waals surface area (Å²) in [6.07, 6.45) is 4.88. The van der Waals surface area contributed by atoms with Gasteiger partial charge in [0.1, 0.15) is 17.2 Å². The molecule has 3 rings (SSSR count). The van der Waals surface area contributed by atoms with Crippen molar-refractivity contribution in [3.63, 3.8) is 0 Å². The Morgan fingerprint density at radius 1 is 1.00 bits per heavy atom. The fourth-order valence-electron chi connectivity index (χ4n) is 2.44. The average molecular weight is 362 g/mol. The number of hydrogen-bond donors (Lipinski definition) is 1. The lowest BCUT2D eigenvalue weighted by atomic mass is 10.0. The molecule has 0 saturated heterocycles. The van der Waals surface area contributed by atoms with Gasteiger partial charge in [-0.05, 0) is 37.6 Å². The zero-order valence-corrected chi connectivity index (χ0v) is 14.9. The van der Waals surface area contributed by atoms with Gasteiger partial charge in [-0.25, -0.2) is 14.8 Å². The van der Waals surface area contributed by atoms with Crippen LogP contribution < -0.4 is 9.47 Å². The third-order valence-corrected chi connectivity index (χ3v) is 3.70. The molecule has 2 aromatic carbocycles. The Labute approximate surface area is 156 Å². The van der Waals surface area contributed by atoms with E-state index in [1.165, 1.54) is 0 Å². The van der Waals surface area contributed by atoms with Gasteiger partial charge in [0.15, 0.2) is 0 Å². The van der Waals surface area contributed by atoms with E-state index in [-0.39, 0.29) is 11.6 Å². The Hall–Kier alpha value is -3.67. The van der Waals surface area contributed by atoms with Crippen molar-refractivity contribution in [2.75, 3.05) is 0 Å². The highest BCUT2D eigenvalue weighted by Crippen LogP contribution is 2.32. The summed E-state index contributed by atoms with van der Waals surface area (Å²) in [5, 5.41) is 9.39. The van der Waals surface area contributed by atoms with Crippen molar-refractivity contribution in [1.82, 2.24) is 9.97 Å². The third-order valence-electron chi connectivity index (χ3n) is 3.70. The Kier molecular flexibility index (Phi) is 5.47. The monoisotopic (exact) mass is 362 g/mol. The summed E-state index contributed by atoms with van der Waals surface area (Å²) >= 11 is 0. The molecule has 0 atom stereocenters. The van der Waals surface area contributed by atoms with E-state index in [4.69, 9.17) is 9.47 Å². The molecule has 0 unspecified atom stereocenters. The summed E-state index contributed by atoms with van der Waals surface area (Å²) in [6.45, 7) is 3.57. The molecule has 0 radical (unpaired) electrons. The van der Waals surface area contributed by atoms with Crippen LogP contribution in [0.1, 0.15) is 18.1 Å². The maximum absolute atomic E-state index is 11.5. The summed E-state index contributed by atoms with van der Waals surface area (Å²) in [7, 11) is 0. The molecular formula is C21H18N2O4. The van der Waals surface area contributed by atoms with Crippen LogP contribution in [0, 0.1) is 6.92 Å². The normalized spacial score (nSPS) is 11.1. The largest absolute Gasteiger partial charge is 0.478 e. The molecule has 27 heavy (non-hydrogen) atoms. The van der Waals surface area contributed by atoms with Crippen LogP contribution in [0.3, 0.4) is 0 Å². The second-order valence-electron chi connectivity index (χ2n) is 5.73. The van der Waals surface area contributed by atoms with E-state index in [0.717, 1.165) is 5.56 Å². The van der Waals surface area contributed by atoms with E-state index < -0.39 is 5.97 Å². The van der Waals surface area contributed by atoms with Crippen LogP contribution in [-0.4, -0.2) is 21.0 Å². The number of carboxylic acid groups (broad SMARTS) is 1. The second-order valence-corrected chi connectivity index (χ2v) is 5.73. The van der Waals surface area contributed by atoms with Crippen molar-refractivity contribution >= 4 is 11.5 Å². The quantitative estimate of drug-likeness (QED) is 0.631. The minimum Gasteiger partial charge on any atom is -0.478 e. The molecule has 0 saturated carbocycles. The van der Waals surface area contributed by atoms with Crippen LogP contribution in [0.15, 0.2) is 67.0 Å². The standard InChI is InChI=1S/C21H18N2O4/c1-3-17(20(24)25)18-9-4-5-10-19(18)26-15-7-6-8-16(11-15)27-21-22-12-14(2)13-23-21/h3-13H,1-2H3,(H,24,25)/b17-3+.